The minimum Gasteiger partial charge on any atom is -0.337 e. The van der Waals surface area contributed by atoms with Crippen molar-refractivity contribution in [2.45, 2.75) is 62.9 Å². The Balaban J connectivity index is 1.46. The summed E-state index contributed by atoms with van der Waals surface area (Å²) < 4.78 is 31.4. The molecule has 204 valence electrons. The summed E-state index contributed by atoms with van der Waals surface area (Å²) >= 11 is 1.63. The molecule has 2 atom stereocenters. The zero-order valence-electron chi connectivity index (χ0n) is 22.5. The first-order chi connectivity index (χ1) is 18.7. The van der Waals surface area contributed by atoms with Crippen LogP contribution in [0.5, 0.6) is 0 Å². The first-order valence-electron chi connectivity index (χ1n) is 13.2. The molecule has 0 spiro atoms. The van der Waals surface area contributed by atoms with Gasteiger partial charge >= 0.3 is 0 Å². The molecular weight excluding hydrogens is 528 g/mol. The highest BCUT2D eigenvalue weighted by Gasteiger charge is 2.28. The van der Waals surface area contributed by atoms with Gasteiger partial charge in [-0.2, -0.15) is 11.3 Å². The first-order valence-corrected chi connectivity index (χ1v) is 15.6. The second-order valence-electron chi connectivity index (χ2n) is 10.4. The van der Waals surface area contributed by atoms with Crippen molar-refractivity contribution >= 4 is 33.0 Å². The number of hydrogen-bond donors (Lipinski definition) is 1. The lowest BCUT2D eigenvalue weighted by molar-refractivity contribution is -0.119. The van der Waals surface area contributed by atoms with Gasteiger partial charge in [0.2, 0.25) is 15.9 Å². The Hall–Kier alpha value is -3.27. The molecule has 2 aromatic heterocycles. The van der Waals surface area contributed by atoms with Gasteiger partial charge in [0.25, 0.3) is 0 Å². The van der Waals surface area contributed by atoms with Crippen molar-refractivity contribution in [2.75, 3.05) is 4.90 Å². The van der Waals surface area contributed by atoms with E-state index >= 15 is 0 Å². The number of benzene rings is 2. The lowest BCUT2D eigenvalue weighted by atomic mass is 9.87. The fourth-order valence-electron chi connectivity index (χ4n) is 5.17. The zero-order chi connectivity index (χ0) is 27.6. The number of amides is 1. The van der Waals surface area contributed by atoms with E-state index in [-0.39, 0.29) is 22.8 Å². The quantitative estimate of drug-likeness (QED) is 0.276. The maximum absolute atomic E-state index is 13.8. The maximum Gasteiger partial charge on any atom is 0.241 e. The number of anilines is 1. The number of nitrogens with zero attached hydrogens (tertiary/aromatic N) is 3. The molecule has 1 amide bonds. The maximum atomic E-state index is 13.8. The van der Waals surface area contributed by atoms with E-state index in [1.54, 1.807) is 40.6 Å². The number of thiophene rings is 1. The molecule has 0 fully saturated rings. The van der Waals surface area contributed by atoms with E-state index in [9.17, 15) is 13.2 Å². The lowest BCUT2D eigenvalue weighted by Crippen LogP contribution is -2.34. The number of carbonyl (C=O) groups excluding carboxylic acids is 1. The molecule has 2 heterocycles. The molecule has 1 aliphatic carbocycles. The van der Waals surface area contributed by atoms with Crippen molar-refractivity contribution in [3.8, 4) is 0 Å². The number of aromatic nitrogens is 2. The summed E-state index contributed by atoms with van der Waals surface area (Å²) in [6.07, 6.45) is 6.43. The van der Waals surface area contributed by atoms with Crippen molar-refractivity contribution in [3.63, 3.8) is 0 Å². The molecule has 0 saturated heterocycles. The number of sulfonamides is 1. The van der Waals surface area contributed by atoms with E-state index in [4.69, 9.17) is 0 Å². The summed E-state index contributed by atoms with van der Waals surface area (Å²) in [5, 5.41) is 4.12. The normalized spacial score (nSPS) is 16.0. The van der Waals surface area contributed by atoms with Gasteiger partial charge in [0.15, 0.2) is 0 Å². The first kappa shape index (κ1) is 27.3. The minimum atomic E-state index is -3.71. The van der Waals surface area contributed by atoms with Gasteiger partial charge in [-0.1, -0.05) is 25.1 Å². The van der Waals surface area contributed by atoms with E-state index in [0.717, 1.165) is 46.6 Å². The molecule has 7 nitrogen and oxygen atoms in total. The van der Waals surface area contributed by atoms with E-state index in [2.05, 4.69) is 28.1 Å². The van der Waals surface area contributed by atoms with Gasteiger partial charge in [0, 0.05) is 37.6 Å². The molecule has 0 unspecified atom stereocenters. The van der Waals surface area contributed by atoms with Crippen LogP contribution in [0.25, 0.3) is 0 Å². The summed E-state index contributed by atoms with van der Waals surface area (Å²) in [5.74, 6) is 0.865. The summed E-state index contributed by atoms with van der Waals surface area (Å²) in [5.41, 5.74) is 4.84. The van der Waals surface area contributed by atoms with Crippen LogP contribution in [0.15, 0.2) is 76.6 Å². The van der Waals surface area contributed by atoms with Crippen LogP contribution < -0.4 is 9.62 Å². The summed E-state index contributed by atoms with van der Waals surface area (Å²) in [6, 6.07) is 14.7. The summed E-state index contributed by atoms with van der Waals surface area (Å²) in [7, 11) is -1.79. The van der Waals surface area contributed by atoms with Crippen molar-refractivity contribution in [1.29, 1.82) is 0 Å². The average molecular weight is 563 g/mol. The number of rotatable bonds is 9. The number of fused-ring (bicyclic) bond motifs is 1. The van der Waals surface area contributed by atoms with E-state index < -0.39 is 10.0 Å². The molecule has 9 heteroatoms. The number of nitrogens with one attached hydrogen (secondary N) is 1. The topological polar surface area (TPSA) is 84.3 Å². The SMILES string of the molecule is Cc1cccc(S(=O)(=O)N[C@@H]2CCCc3ccc(N(Cc4nccn4C)C(=O)C[C@@H](C)c4ccsc4)cc32)c1. The van der Waals surface area contributed by atoms with Gasteiger partial charge in [-0.05, 0) is 95.4 Å². The molecule has 5 rings (SSSR count). The summed E-state index contributed by atoms with van der Waals surface area (Å²) in [4.78, 5) is 20.3. The van der Waals surface area contributed by atoms with Gasteiger partial charge in [-0.3, -0.25) is 4.79 Å². The Morgan fingerprint density at radius 3 is 2.79 bits per heavy atom. The second kappa shape index (κ2) is 11.5. The highest BCUT2D eigenvalue weighted by atomic mass is 32.2. The molecular formula is C30H34N4O3S2. The third-order valence-corrected chi connectivity index (χ3v) is 9.64. The van der Waals surface area contributed by atoms with Crippen LogP contribution in [0.1, 0.15) is 66.2 Å². The van der Waals surface area contributed by atoms with Crippen LogP contribution in [-0.4, -0.2) is 23.9 Å². The smallest absolute Gasteiger partial charge is 0.241 e. The lowest BCUT2D eigenvalue weighted by Gasteiger charge is -2.30. The Labute approximate surface area is 234 Å². The molecule has 0 saturated carbocycles. The standard InChI is InChI=1S/C30H34N4O3S2/c1-21-6-4-8-26(16-21)39(36,37)32-28-9-5-7-23-10-11-25(18-27(23)28)34(19-29-31-13-14-33(29)3)30(35)17-22(2)24-12-15-38-20-24/h4,6,8,10-16,18,20,22,28,32H,5,7,9,17,19H2,1-3H3/t22-,28-/m1/s1. The van der Waals surface area contributed by atoms with Gasteiger partial charge < -0.3 is 9.47 Å². The van der Waals surface area contributed by atoms with Gasteiger partial charge in [0.1, 0.15) is 5.82 Å². The molecule has 0 bridgehead atoms. The van der Waals surface area contributed by atoms with Crippen LogP contribution in [0, 0.1) is 6.92 Å². The fraction of sp³-hybridized carbons (Fsp3) is 0.333. The van der Waals surface area contributed by atoms with E-state index in [0.29, 0.717) is 19.4 Å². The Bertz CT molecular complexity index is 1560. The Kier molecular flexibility index (Phi) is 8.02. The van der Waals surface area contributed by atoms with Crippen molar-refractivity contribution in [3.05, 3.63) is 99.8 Å². The van der Waals surface area contributed by atoms with E-state index in [1.807, 2.05) is 54.4 Å². The number of aryl methyl sites for hydroxylation is 3. The van der Waals surface area contributed by atoms with Crippen LogP contribution in [0.2, 0.25) is 0 Å². The van der Waals surface area contributed by atoms with Gasteiger partial charge in [0.05, 0.1) is 11.4 Å². The van der Waals surface area contributed by atoms with Crippen LogP contribution >= 0.6 is 11.3 Å². The number of imidazole rings is 1. The minimum absolute atomic E-state index is 0.00403. The molecule has 0 aliphatic heterocycles. The molecule has 4 aromatic rings. The van der Waals surface area contributed by atoms with Crippen LogP contribution in [-0.2, 0) is 34.8 Å². The predicted octanol–water partition coefficient (Wildman–Crippen LogP) is 5.87. The Morgan fingerprint density at radius 1 is 1.23 bits per heavy atom. The van der Waals surface area contributed by atoms with Crippen LogP contribution in [0.3, 0.4) is 0 Å². The third kappa shape index (κ3) is 6.16. The molecule has 39 heavy (non-hydrogen) atoms. The number of hydrogen-bond acceptors (Lipinski definition) is 5. The largest absolute Gasteiger partial charge is 0.337 e. The summed E-state index contributed by atoms with van der Waals surface area (Å²) in [6.45, 7) is 4.28. The van der Waals surface area contributed by atoms with Crippen molar-refractivity contribution in [2.24, 2.45) is 7.05 Å². The van der Waals surface area contributed by atoms with Crippen molar-refractivity contribution < 1.29 is 13.2 Å². The molecule has 2 aromatic carbocycles. The van der Waals surface area contributed by atoms with Crippen LogP contribution in [0.4, 0.5) is 5.69 Å². The highest BCUT2D eigenvalue weighted by molar-refractivity contribution is 7.89. The van der Waals surface area contributed by atoms with Gasteiger partial charge in [-0.25, -0.2) is 18.1 Å². The van der Waals surface area contributed by atoms with Crippen molar-refractivity contribution in [1.82, 2.24) is 14.3 Å². The predicted molar refractivity (Wildman–Crippen MR) is 155 cm³/mol. The number of carbonyl (C=O) groups is 1. The zero-order valence-corrected chi connectivity index (χ0v) is 24.1. The molecule has 1 aliphatic rings. The van der Waals surface area contributed by atoms with Gasteiger partial charge in [-0.15, -0.1) is 0 Å². The molecule has 1 N–H and O–H groups in total. The highest BCUT2D eigenvalue weighted by Crippen LogP contribution is 2.35. The average Bonchev–Trinajstić information content (AvgIpc) is 3.59. The van der Waals surface area contributed by atoms with E-state index in [1.165, 1.54) is 0 Å². The third-order valence-electron chi connectivity index (χ3n) is 7.47. The fourth-order valence-corrected chi connectivity index (χ4v) is 7.31. The Morgan fingerprint density at radius 2 is 2.08 bits per heavy atom. The second-order valence-corrected chi connectivity index (χ2v) is 12.9. The monoisotopic (exact) mass is 562 g/mol. The molecule has 0 radical (unpaired) electrons.